The van der Waals surface area contributed by atoms with E-state index in [0.29, 0.717) is 27.8 Å². The Balaban J connectivity index is 1.39. The molecule has 1 unspecified atom stereocenters. The number of anilines is 1. The van der Waals surface area contributed by atoms with E-state index in [2.05, 4.69) is 10.9 Å². The monoisotopic (exact) mass is 435 g/mol. The quantitative estimate of drug-likeness (QED) is 0.455. The van der Waals surface area contributed by atoms with Gasteiger partial charge in [0.2, 0.25) is 5.91 Å². The van der Waals surface area contributed by atoms with E-state index in [0.717, 1.165) is 4.90 Å². The summed E-state index contributed by atoms with van der Waals surface area (Å²) in [5.41, 5.74) is 5.87. The summed E-state index contributed by atoms with van der Waals surface area (Å²) < 4.78 is 5.73. The topological polar surface area (TPSA) is 87.7 Å². The van der Waals surface area contributed by atoms with E-state index >= 15 is 0 Å². The molecule has 7 nitrogen and oxygen atoms in total. The molecule has 31 heavy (non-hydrogen) atoms. The second-order valence-electron chi connectivity index (χ2n) is 6.84. The predicted octanol–water partition coefficient (Wildman–Crippen LogP) is 3.70. The summed E-state index contributed by atoms with van der Waals surface area (Å²) in [5, 5.41) is 0.422. The molecular weight excluding hydrogens is 418 g/mol. The van der Waals surface area contributed by atoms with Crippen molar-refractivity contribution in [3.8, 4) is 11.5 Å². The molecule has 1 heterocycles. The molecule has 1 aliphatic rings. The SMILES string of the molecule is O=C(NNC1CC(=O)N(c2ccc(Oc3ccccc3)cc2)C1=O)c1cccc(Cl)c1. The molecular formula is C23H18ClN3O4. The number of para-hydroxylation sites is 1. The van der Waals surface area contributed by atoms with Crippen molar-refractivity contribution < 1.29 is 19.1 Å². The number of halogens is 1. The first-order valence-electron chi connectivity index (χ1n) is 9.52. The van der Waals surface area contributed by atoms with Crippen LogP contribution in [0.25, 0.3) is 0 Å². The lowest BCUT2D eigenvalue weighted by Crippen LogP contribution is -2.48. The number of hydrazine groups is 1. The first kappa shape index (κ1) is 20.6. The number of benzene rings is 3. The summed E-state index contributed by atoms with van der Waals surface area (Å²) in [5.74, 6) is -0.00578. The molecule has 2 N–H and O–H groups in total. The first-order valence-corrected chi connectivity index (χ1v) is 9.90. The van der Waals surface area contributed by atoms with Crippen molar-refractivity contribution in [2.45, 2.75) is 12.5 Å². The molecule has 0 aliphatic carbocycles. The van der Waals surface area contributed by atoms with Gasteiger partial charge in [0, 0.05) is 10.6 Å². The van der Waals surface area contributed by atoms with Crippen LogP contribution >= 0.6 is 11.6 Å². The number of imide groups is 1. The normalized spacial score (nSPS) is 15.8. The van der Waals surface area contributed by atoms with Crippen LogP contribution in [0.1, 0.15) is 16.8 Å². The van der Waals surface area contributed by atoms with E-state index in [1.807, 2.05) is 30.3 Å². The van der Waals surface area contributed by atoms with E-state index in [9.17, 15) is 14.4 Å². The molecule has 0 saturated carbocycles. The average Bonchev–Trinajstić information content (AvgIpc) is 3.06. The van der Waals surface area contributed by atoms with Crippen molar-refractivity contribution in [2.24, 2.45) is 0 Å². The van der Waals surface area contributed by atoms with E-state index in [1.54, 1.807) is 42.5 Å². The maximum absolute atomic E-state index is 12.7. The fourth-order valence-electron chi connectivity index (χ4n) is 3.16. The zero-order valence-electron chi connectivity index (χ0n) is 16.2. The zero-order chi connectivity index (χ0) is 21.8. The van der Waals surface area contributed by atoms with E-state index in [-0.39, 0.29) is 12.3 Å². The van der Waals surface area contributed by atoms with Gasteiger partial charge in [-0.05, 0) is 54.6 Å². The highest BCUT2D eigenvalue weighted by atomic mass is 35.5. The molecule has 4 rings (SSSR count). The van der Waals surface area contributed by atoms with Crippen molar-refractivity contribution in [1.29, 1.82) is 0 Å². The van der Waals surface area contributed by atoms with Crippen LogP contribution in [0.3, 0.4) is 0 Å². The molecule has 1 atom stereocenters. The Bertz CT molecular complexity index is 1120. The Hall–Kier alpha value is -3.68. The highest BCUT2D eigenvalue weighted by Crippen LogP contribution is 2.27. The third-order valence-electron chi connectivity index (χ3n) is 4.67. The molecule has 8 heteroatoms. The maximum atomic E-state index is 12.7. The highest BCUT2D eigenvalue weighted by molar-refractivity contribution is 6.31. The second kappa shape index (κ2) is 8.99. The third kappa shape index (κ3) is 4.74. The summed E-state index contributed by atoms with van der Waals surface area (Å²) in [7, 11) is 0. The molecule has 0 bridgehead atoms. The summed E-state index contributed by atoms with van der Waals surface area (Å²) in [6.45, 7) is 0. The van der Waals surface area contributed by atoms with Crippen LogP contribution < -0.4 is 20.5 Å². The van der Waals surface area contributed by atoms with Crippen molar-refractivity contribution in [3.05, 3.63) is 89.4 Å². The number of nitrogens with one attached hydrogen (secondary N) is 2. The van der Waals surface area contributed by atoms with Gasteiger partial charge in [-0.2, -0.15) is 0 Å². The molecule has 1 fully saturated rings. The summed E-state index contributed by atoms with van der Waals surface area (Å²) >= 11 is 5.89. The number of ether oxygens (including phenoxy) is 1. The molecule has 3 aromatic carbocycles. The van der Waals surface area contributed by atoms with Gasteiger partial charge in [-0.1, -0.05) is 35.9 Å². The lowest BCUT2D eigenvalue weighted by Gasteiger charge is -2.16. The molecule has 0 radical (unpaired) electrons. The minimum Gasteiger partial charge on any atom is -0.457 e. The fourth-order valence-corrected chi connectivity index (χ4v) is 3.35. The summed E-state index contributed by atoms with van der Waals surface area (Å²) in [6, 6.07) is 21.5. The van der Waals surface area contributed by atoms with Crippen LogP contribution in [0, 0.1) is 0 Å². The number of nitrogens with zero attached hydrogens (tertiary/aromatic N) is 1. The maximum Gasteiger partial charge on any atom is 0.265 e. The Morgan fingerprint density at radius 2 is 1.65 bits per heavy atom. The Labute approximate surface area is 183 Å². The van der Waals surface area contributed by atoms with Gasteiger partial charge in [0.15, 0.2) is 0 Å². The van der Waals surface area contributed by atoms with Crippen LogP contribution in [-0.4, -0.2) is 23.8 Å². The minimum atomic E-state index is -0.865. The van der Waals surface area contributed by atoms with Gasteiger partial charge in [0.1, 0.15) is 17.5 Å². The number of hydrogen-bond donors (Lipinski definition) is 2. The van der Waals surface area contributed by atoms with Crippen molar-refractivity contribution in [3.63, 3.8) is 0 Å². The lowest BCUT2D eigenvalue weighted by atomic mass is 10.2. The standard InChI is InChI=1S/C23H18ClN3O4/c24-16-6-4-5-15(13-16)22(29)26-25-20-14-21(28)27(23(20)30)17-9-11-19(12-10-17)31-18-7-2-1-3-8-18/h1-13,20,25H,14H2,(H,26,29). The second-order valence-corrected chi connectivity index (χ2v) is 7.28. The van der Waals surface area contributed by atoms with Crippen molar-refractivity contribution in [1.82, 2.24) is 10.9 Å². The van der Waals surface area contributed by atoms with E-state index in [4.69, 9.17) is 16.3 Å². The van der Waals surface area contributed by atoms with Gasteiger partial charge in [0.05, 0.1) is 12.1 Å². The lowest BCUT2D eigenvalue weighted by molar-refractivity contribution is -0.121. The van der Waals surface area contributed by atoms with Gasteiger partial charge in [0.25, 0.3) is 11.8 Å². The number of carbonyl (C=O) groups excluding carboxylic acids is 3. The van der Waals surface area contributed by atoms with Crippen LogP contribution in [0.5, 0.6) is 11.5 Å². The van der Waals surface area contributed by atoms with Gasteiger partial charge >= 0.3 is 0 Å². The van der Waals surface area contributed by atoms with Gasteiger partial charge in [-0.15, -0.1) is 0 Å². The Kier molecular flexibility index (Phi) is 5.97. The minimum absolute atomic E-state index is 0.0725. The largest absolute Gasteiger partial charge is 0.457 e. The van der Waals surface area contributed by atoms with Crippen LogP contribution in [0.4, 0.5) is 5.69 Å². The Morgan fingerprint density at radius 3 is 2.35 bits per heavy atom. The average molecular weight is 436 g/mol. The smallest absolute Gasteiger partial charge is 0.265 e. The fraction of sp³-hybridized carbons (Fsp3) is 0.0870. The van der Waals surface area contributed by atoms with Crippen LogP contribution in [0.15, 0.2) is 78.9 Å². The molecule has 1 aliphatic heterocycles. The molecule has 3 aromatic rings. The molecule has 3 amide bonds. The number of carbonyl (C=O) groups is 3. The van der Waals surface area contributed by atoms with Gasteiger partial charge in [-0.3, -0.25) is 19.8 Å². The summed E-state index contributed by atoms with van der Waals surface area (Å²) in [4.78, 5) is 38.5. The molecule has 0 aromatic heterocycles. The molecule has 0 spiro atoms. The molecule has 156 valence electrons. The highest BCUT2D eigenvalue weighted by Gasteiger charge is 2.39. The Morgan fingerprint density at radius 1 is 0.935 bits per heavy atom. The summed E-state index contributed by atoms with van der Waals surface area (Å²) in [6.07, 6.45) is -0.0725. The molecule has 1 saturated heterocycles. The first-order chi connectivity index (χ1) is 15.0. The van der Waals surface area contributed by atoms with Crippen molar-refractivity contribution in [2.75, 3.05) is 4.90 Å². The van der Waals surface area contributed by atoms with Crippen molar-refractivity contribution >= 4 is 35.0 Å². The zero-order valence-corrected chi connectivity index (χ0v) is 17.0. The van der Waals surface area contributed by atoms with Crippen LogP contribution in [-0.2, 0) is 9.59 Å². The van der Waals surface area contributed by atoms with E-state index in [1.165, 1.54) is 6.07 Å². The van der Waals surface area contributed by atoms with E-state index < -0.39 is 17.9 Å². The van der Waals surface area contributed by atoms with Crippen LogP contribution in [0.2, 0.25) is 5.02 Å². The van der Waals surface area contributed by atoms with Gasteiger partial charge in [-0.25, -0.2) is 10.3 Å². The number of rotatable bonds is 6. The number of amides is 3. The third-order valence-corrected chi connectivity index (χ3v) is 4.90. The number of hydrogen-bond acceptors (Lipinski definition) is 5. The predicted molar refractivity (Wildman–Crippen MR) is 116 cm³/mol. The van der Waals surface area contributed by atoms with Gasteiger partial charge < -0.3 is 4.74 Å².